The van der Waals surface area contributed by atoms with Crippen molar-refractivity contribution in [3.05, 3.63) is 82.2 Å². The molecule has 2 amide bonds. The van der Waals surface area contributed by atoms with Gasteiger partial charge in [-0.05, 0) is 74.9 Å². The molecule has 0 bridgehead atoms. The molecule has 1 atom stereocenters. The molecule has 0 aliphatic heterocycles. The summed E-state index contributed by atoms with van der Waals surface area (Å²) in [7, 11) is 0. The minimum Gasteiger partial charge on any atom is -0.462 e. The topological polar surface area (TPSA) is 84.5 Å². The van der Waals surface area contributed by atoms with E-state index in [1.54, 1.807) is 13.0 Å². The molecule has 6 nitrogen and oxygen atoms in total. The van der Waals surface area contributed by atoms with E-state index in [0.717, 1.165) is 48.1 Å². The summed E-state index contributed by atoms with van der Waals surface area (Å²) in [5.41, 5.74) is 3.16. The summed E-state index contributed by atoms with van der Waals surface area (Å²) in [5, 5.41) is 6.07. The van der Waals surface area contributed by atoms with Crippen molar-refractivity contribution in [2.24, 2.45) is 0 Å². The van der Waals surface area contributed by atoms with E-state index in [1.165, 1.54) is 40.5 Å². The third-order valence-electron chi connectivity index (χ3n) is 6.40. The van der Waals surface area contributed by atoms with Gasteiger partial charge in [0, 0.05) is 21.5 Å². The average Bonchev–Trinajstić information content (AvgIpc) is 3.24. The molecule has 0 saturated carbocycles. The molecule has 0 spiro atoms. The Morgan fingerprint density at radius 2 is 1.77 bits per heavy atom. The number of thioether (sulfide) groups is 1. The van der Waals surface area contributed by atoms with E-state index in [-0.39, 0.29) is 24.4 Å². The maximum atomic E-state index is 13.2. The number of hydrogen-bond acceptors (Lipinski definition) is 6. The standard InChI is InChI=1S/C31H34N2O4S2/c1-3-37-31(36)28-25-16-9-4-5-10-17-26(25)39-30(28)33-29(35)21(2)38-24-15-11-14-23(20-24)32-27(34)19-18-22-12-7-6-8-13-22/h6-8,11-15,18-21H,3-5,9-10,16-17H2,1-2H3,(H,32,34)(H,33,35)/b19-18+. The van der Waals surface area contributed by atoms with Crippen LogP contribution in [0.15, 0.2) is 65.6 Å². The number of aryl methyl sites for hydroxylation is 1. The highest BCUT2D eigenvalue weighted by Crippen LogP contribution is 2.38. The normalized spacial score (nSPS) is 14.1. The second kappa shape index (κ2) is 14.1. The Labute approximate surface area is 238 Å². The van der Waals surface area contributed by atoms with Crippen LogP contribution in [0.3, 0.4) is 0 Å². The second-order valence-electron chi connectivity index (χ2n) is 9.35. The van der Waals surface area contributed by atoms with Gasteiger partial charge < -0.3 is 15.4 Å². The molecule has 2 aromatic carbocycles. The van der Waals surface area contributed by atoms with Gasteiger partial charge in [0.15, 0.2) is 0 Å². The summed E-state index contributed by atoms with van der Waals surface area (Å²) in [4.78, 5) is 40.5. The van der Waals surface area contributed by atoms with Crippen molar-refractivity contribution in [1.29, 1.82) is 0 Å². The van der Waals surface area contributed by atoms with E-state index in [4.69, 9.17) is 4.74 Å². The van der Waals surface area contributed by atoms with Gasteiger partial charge in [0.2, 0.25) is 11.8 Å². The monoisotopic (exact) mass is 562 g/mol. The molecule has 0 saturated heterocycles. The number of fused-ring (bicyclic) bond motifs is 1. The van der Waals surface area contributed by atoms with E-state index in [0.29, 0.717) is 16.3 Å². The van der Waals surface area contributed by atoms with Gasteiger partial charge in [-0.2, -0.15) is 0 Å². The summed E-state index contributed by atoms with van der Waals surface area (Å²) >= 11 is 2.90. The molecule has 3 aromatic rings. The molecule has 8 heteroatoms. The van der Waals surface area contributed by atoms with Crippen LogP contribution in [0.5, 0.6) is 0 Å². The number of nitrogens with one attached hydrogen (secondary N) is 2. The Hall–Kier alpha value is -3.36. The molecule has 0 radical (unpaired) electrons. The Kier molecular flexibility index (Phi) is 10.4. The van der Waals surface area contributed by atoms with Crippen LogP contribution in [0.4, 0.5) is 10.7 Å². The van der Waals surface area contributed by atoms with Crippen molar-refractivity contribution in [2.45, 2.75) is 62.5 Å². The molecule has 39 heavy (non-hydrogen) atoms. The lowest BCUT2D eigenvalue weighted by Crippen LogP contribution is -2.23. The van der Waals surface area contributed by atoms with E-state index < -0.39 is 5.25 Å². The second-order valence-corrected chi connectivity index (χ2v) is 11.9. The van der Waals surface area contributed by atoms with Gasteiger partial charge in [0.05, 0.1) is 17.4 Å². The number of rotatable bonds is 9. The number of thiophene rings is 1. The van der Waals surface area contributed by atoms with Gasteiger partial charge in [0.25, 0.3) is 0 Å². The fourth-order valence-corrected chi connectivity index (χ4v) is 6.67. The molecule has 204 valence electrons. The predicted molar refractivity (Wildman–Crippen MR) is 161 cm³/mol. The summed E-state index contributed by atoms with van der Waals surface area (Å²) < 4.78 is 5.36. The zero-order chi connectivity index (χ0) is 27.6. The number of esters is 1. The largest absolute Gasteiger partial charge is 0.462 e. The maximum absolute atomic E-state index is 13.2. The lowest BCUT2D eigenvalue weighted by Gasteiger charge is -2.14. The van der Waals surface area contributed by atoms with E-state index in [1.807, 2.05) is 61.5 Å². The first-order chi connectivity index (χ1) is 18.9. The molecular formula is C31H34N2O4S2. The van der Waals surface area contributed by atoms with Crippen LogP contribution in [0.1, 0.15) is 65.9 Å². The molecule has 1 aliphatic carbocycles. The number of amides is 2. The number of hydrogen-bond donors (Lipinski definition) is 2. The third-order valence-corrected chi connectivity index (χ3v) is 8.70. The lowest BCUT2D eigenvalue weighted by atomic mass is 9.96. The first kappa shape index (κ1) is 28.6. The van der Waals surface area contributed by atoms with Gasteiger partial charge >= 0.3 is 5.97 Å². The number of ether oxygens (including phenoxy) is 1. The first-order valence-electron chi connectivity index (χ1n) is 13.4. The fraction of sp³-hybridized carbons (Fsp3) is 0.323. The first-order valence-corrected chi connectivity index (χ1v) is 15.1. The van der Waals surface area contributed by atoms with Crippen molar-refractivity contribution < 1.29 is 19.1 Å². The fourth-order valence-electron chi connectivity index (χ4n) is 4.47. The average molecular weight is 563 g/mol. The lowest BCUT2D eigenvalue weighted by molar-refractivity contribution is -0.115. The van der Waals surface area contributed by atoms with Crippen molar-refractivity contribution in [2.75, 3.05) is 17.2 Å². The van der Waals surface area contributed by atoms with Crippen molar-refractivity contribution in [1.82, 2.24) is 0 Å². The van der Waals surface area contributed by atoms with E-state index in [2.05, 4.69) is 10.6 Å². The summed E-state index contributed by atoms with van der Waals surface area (Å²) in [6, 6.07) is 17.0. The van der Waals surface area contributed by atoms with Gasteiger partial charge in [-0.25, -0.2) is 4.79 Å². The predicted octanol–water partition coefficient (Wildman–Crippen LogP) is 7.36. The van der Waals surface area contributed by atoms with Crippen LogP contribution >= 0.6 is 23.1 Å². The Morgan fingerprint density at radius 1 is 1.00 bits per heavy atom. The van der Waals surface area contributed by atoms with Crippen LogP contribution in [0, 0.1) is 0 Å². The minimum atomic E-state index is -0.423. The molecule has 4 rings (SSSR count). The number of benzene rings is 2. The van der Waals surface area contributed by atoms with Gasteiger partial charge in [-0.3, -0.25) is 9.59 Å². The Bertz CT molecular complexity index is 1330. The zero-order valence-corrected chi connectivity index (χ0v) is 24.0. The van der Waals surface area contributed by atoms with Crippen LogP contribution in [0.2, 0.25) is 0 Å². The van der Waals surface area contributed by atoms with Crippen molar-refractivity contribution in [3.63, 3.8) is 0 Å². The summed E-state index contributed by atoms with van der Waals surface area (Å²) in [6.07, 6.45) is 9.47. The van der Waals surface area contributed by atoms with Crippen LogP contribution < -0.4 is 10.6 Å². The molecule has 1 aromatic heterocycles. The quantitative estimate of drug-likeness (QED) is 0.162. The van der Waals surface area contributed by atoms with Gasteiger partial charge in [-0.1, -0.05) is 49.2 Å². The van der Waals surface area contributed by atoms with Gasteiger partial charge in [-0.15, -0.1) is 23.1 Å². The summed E-state index contributed by atoms with van der Waals surface area (Å²) in [6.45, 7) is 3.92. The number of carbonyl (C=O) groups is 3. The minimum absolute atomic E-state index is 0.181. The Balaban J connectivity index is 1.42. The Morgan fingerprint density at radius 3 is 2.54 bits per heavy atom. The van der Waals surface area contributed by atoms with Crippen LogP contribution in [0.25, 0.3) is 6.08 Å². The van der Waals surface area contributed by atoms with Crippen molar-refractivity contribution >= 4 is 57.6 Å². The number of anilines is 2. The highest BCUT2D eigenvalue weighted by molar-refractivity contribution is 8.00. The number of carbonyl (C=O) groups excluding carboxylic acids is 3. The van der Waals surface area contributed by atoms with Crippen molar-refractivity contribution in [3.8, 4) is 0 Å². The smallest absolute Gasteiger partial charge is 0.341 e. The van der Waals surface area contributed by atoms with E-state index >= 15 is 0 Å². The SMILES string of the molecule is CCOC(=O)c1c(NC(=O)C(C)Sc2cccc(NC(=O)/C=C/c3ccccc3)c2)sc2c1CCCCCC2. The van der Waals surface area contributed by atoms with Crippen LogP contribution in [-0.2, 0) is 27.2 Å². The third kappa shape index (κ3) is 8.07. The molecule has 1 heterocycles. The molecule has 1 unspecified atom stereocenters. The molecule has 1 aliphatic rings. The molecule has 2 N–H and O–H groups in total. The zero-order valence-electron chi connectivity index (χ0n) is 22.3. The highest BCUT2D eigenvalue weighted by atomic mass is 32.2. The highest BCUT2D eigenvalue weighted by Gasteiger charge is 2.27. The maximum Gasteiger partial charge on any atom is 0.341 e. The molecular weight excluding hydrogens is 528 g/mol. The van der Waals surface area contributed by atoms with E-state index in [9.17, 15) is 14.4 Å². The molecule has 0 fully saturated rings. The van der Waals surface area contributed by atoms with Gasteiger partial charge in [0.1, 0.15) is 5.00 Å². The summed E-state index contributed by atoms with van der Waals surface area (Å²) in [5.74, 6) is -0.775. The van der Waals surface area contributed by atoms with Crippen LogP contribution in [-0.4, -0.2) is 29.6 Å².